The smallest absolute Gasteiger partial charge is 0.322 e. The van der Waals surface area contributed by atoms with Crippen molar-refractivity contribution in [2.24, 2.45) is 11.8 Å². The maximum atomic E-state index is 12.5. The minimum atomic E-state index is -0.924. The SMILES string of the molecule is COc1cc(C(=O)NNC(=O)C2CCC3(CC2)NC(=O)NC3=O)ccc1OCCC(C)C. The summed E-state index contributed by atoms with van der Waals surface area (Å²) in [6, 6.07) is 4.31. The van der Waals surface area contributed by atoms with Crippen molar-refractivity contribution in [2.75, 3.05) is 13.7 Å². The molecular formula is C22H30N4O6. The van der Waals surface area contributed by atoms with E-state index < -0.39 is 17.5 Å². The number of carbonyl (C=O) groups is 4. The zero-order chi connectivity index (χ0) is 23.3. The van der Waals surface area contributed by atoms with E-state index in [0.717, 1.165) is 6.42 Å². The standard InChI is InChI=1S/C22H30N4O6/c1-13(2)8-11-32-16-5-4-15(12-17(16)31-3)19(28)26-25-18(27)14-6-9-22(10-7-14)20(29)23-21(30)24-22/h4-5,12-14H,6-11H2,1-3H3,(H,25,27)(H,26,28)(H2,23,24,29,30). The largest absolute Gasteiger partial charge is 0.493 e. The first-order valence-electron chi connectivity index (χ1n) is 10.8. The van der Waals surface area contributed by atoms with Gasteiger partial charge in [-0.3, -0.25) is 30.6 Å². The van der Waals surface area contributed by atoms with Gasteiger partial charge in [-0.25, -0.2) is 4.79 Å². The Balaban J connectivity index is 1.50. The highest BCUT2D eigenvalue weighted by atomic mass is 16.5. The van der Waals surface area contributed by atoms with Crippen LogP contribution in [0.3, 0.4) is 0 Å². The lowest BCUT2D eigenvalue weighted by atomic mass is 9.76. The van der Waals surface area contributed by atoms with Crippen molar-refractivity contribution in [1.29, 1.82) is 0 Å². The van der Waals surface area contributed by atoms with Gasteiger partial charge in [0.25, 0.3) is 11.8 Å². The van der Waals surface area contributed by atoms with Gasteiger partial charge in [-0.15, -0.1) is 0 Å². The number of ether oxygens (including phenoxy) is 2. The van der Waals surface area contributed by atoms with Crippen LogP contribution in [0.1, 0.15) is 56.3 Å². The molecule has 0 bridgehead atoms. The quantitative estimate of drug-likeness (QED) is 0.372. The van der Waals surface area contributed by atoms with Gasteiger partial charge in [0, 0.05) is 11.5 Å². The van der Waals surface area contributed by atoms with E-state index in [-0.39, 0.29) is 17.7 Å². The second-order valence-corrected chi connectivity index (χ2v) is 8.60. The molecule has 1 aliphatic carbocycles. The number of hydrogen-bond acceptors (Lipinski definition) is 6. The number of carbonyl (C=O) groups excluding carboxylic acids is 4. The van der Waals surface area contributed by atoms with E-state index in [1.165, 1.54) is 7.11 Å². The third-order valence-electron chi connectivity index (χ3n) is 5.90. The molecule has 1 saturated heterocycles. The Bertz CT molecular complexity index is 892. The Kier molecular flexibility index (Phi) is 7.22. The van der Waals surface area contributed by atoms with Gasteiger partial charge in [-0.1, -0.05) is 13.8 Å². The van der Waals surface area contributed by atoms with Gasteiger partial charge < -0.3 is 14.8 Å². The Labute approximate surface area is 186 Å². The molecule has 1 aromatic carbocycles. The van der Waals surface area contributed by atoms with Crippen LogP contribution in [0.2, 0.25) is 0 Å². The number of benzene rings is 1. The van der Waals surface area contributed by atoms with E-state index in [9.17, 15) is 19.2 Å². The van der Waals surface area contributed by atoms with Gasteiger partial charge in [-0.05, 0) is 56.2 Å². The molecule has 2 aliphatic rings. The van der Waals surface area contributed by atoms with Crippen LogP contribution < -0.4 is 31.0 Å². The van der Waals surface area contributed by atoms with Gasteiger partial charge in [0.2, 0.25) is 5.91 Å². The molecule has 10 nitrogen and oxygen atoms in total. The average Bonchev–Trinajstić information content (AvgIpc) is 3.04. The summed E-state index contributed by atoms with van der Waals surface area (Å²) in [4.78, 5) is 48.4. The fourth-order valence-corrected chi connectivity index (χ4v) is 3.88. The third-order valence-corrected chi connectivity index (χ3v) is 5.90. The molecule has 1 saturated carbocycles. The molecule has 1 aromatic rings. The molecule has 1 aliphatic heterocycles. The second-order valence-electron chi connectivity index (χ2n) is 8.60. The molecule has 4 N–H and O–H groups in total. The first-order chi connectivity index (χ1) is 15.2. The lowest BCUT2D eigenvalue weighted by Gasteiger charge is -2.33. The predicted octanol–water partition coefficient (Wildman–Crippen LogP) is 1.65. The van der Waals surface area contributed by atoms with Crippen molar-refractivity contribution in [3.8, 4) is 11.5 Å². The Hall–Kier alpha value is -3.30. The zero-order valence-electron chi connectivity index (χ0n) is 18.6. The van der Waals surface area contributed by atoms with Gasteiger partial charge in [0.15, 0.2) is 11.5 Å². The molecule has 5 amide bonds. The van der Waals surface area contributed by atoms with Crippen LogP contribution in [0.25, 0.3) is 0 Å². The fourth-order valence-electron chi connectivity index (χ4n) is 3.88. The van der Waals surface area contributed by atoms with Crippen molar-refractivity contribution < 1.29 is 28.7 Å². The first-order valence-corrected chi connectivity index (χ1v) is 10.8. The molecule has 2 fully saturated rings. The zero-order valence-corrected chi connectivity index (χ0v) is 18.6. The highest BCUT2D eigenvalue weighted by Crippen LogP contribution is 2.34. The number of methoxy groups -OCH3 is 1. The fraction of sp³-hybridized carbons (Fsp3) is 0.545. The number of hydrogen-bond donors (Lipinski definition) is 4. The average molecular weight is 447 g/mol. The molecule has 1 spiro atoms. The van der Waals surface area contributed by atoms with Gasteiger partial charge in [0.05, 0.1) is 13.7 Å². The normalized spacial score (nSPS) is 22.3. The number of nitrogens with one attached hydrogen (secondary N) is 4. The molecule has 0 radical (unpaired) electrons. The Morgan fingerprint density at radius 3 is 2.47 bits per heavy atom. The van der Waals surface area contributed by atoms with E-state index in [1.807, 2.05) is 0 Å². The third kappa shape index (κ3) is 5.30. The molecule has 0 unspecified atom stereocenters. The number of amides is 5. The van der Waals surface area contributed by atoms with Crippen LogP contribution in [0.5, 0.6) is 11.5 Å². The van der Waals surface area contributed by atoms with Gasteiger partial charge in [-0.2, -0.15) is 0 Å². The maximum absolute atomic E-state index is 12.5. The molecule has 174 valence electrons. The summed E-state index contributed by atoms with van der Waals surface area (Å²) in [5, 5.41) is 4.90. The van der Waals surface area contributed by atoms with E-state index in [1.54, 1.807) is 18.2 Å². The van der Waals surface area contributed by atoms with Crippen LogP contribution in [0.15, 0.2) is 18.2 Å². The number of imide groups is 1. The van der Waals surface area contributed by atoms with Crippen molar-refractivity contribution >= 4 is 23.8 Å². The van der Waals surface area contributed by atoms with Crippen LogP contribution in [0.4, 0.5) is 4.79 Å². The minimum absolute atomic E-state index is 0.311. The van der Waals surface area contributed by atoms with Gasteiger partial charge in [0.1, 0.15) is 5.54 Å². The summed E-state index contributed by atoms with van der Waals surface area (Å²) in [6.07, 6.45) is 2.48. The second kappa shape index (κ2) is 9.88. The number of rotatable bonds is 7. The van der Waals surface area contributed by atoms with Crippen LogP contribution in [-0.2, 0) is 9.59 Å². The van der Waals surface area contributed by atoms with Crippen molar-refractivity contribution in [3.63, 3.8) is 0 Å². The summed E-state index contributed by atoms with van der Waals surface area (Å²) >= 11 is 0. The van der Waals surface area contributed by atoms with E-state index >= 15 is 0 Å². The maximum Gasteiger partial charge on any atom is 0.322 e. The topological polar surface area (TPSA) is 135 Å². The Morgan fingerprint density at radius 1 is 1.16 bits per heavy atom. The molecule has 0 atom stereocenters. The van der Waals surface area contributed by atoms with E-state index in [2.05, 4.69) is 35.3 Å². The monoisotopic (exact) mass is 446 g/mol. The summed E-state index contributed by atoms with van der Waals surface area (Å²) in [7, 11) is 1.50. The summed E-state index contributed by atoms with van der Waals surface area (Å²) in [5.74, 6) is -0.0371. The van der Waals surface area contributed by atoms with E-state index in [0.29, 0.717) is 55.3 Å². The Morgan fingerprint density at radius 2 is 1.88 bits per heavy atom. The summed E-state index contributed by atoms with van der Waals surface area (Å²) < 4.78 is 11.0. The van der Waals surface area contributed by atoms with Crippen molar-refractivity contribution in [1.82, 2.24) is 21.5 Å². The summed E-state index contributed by atoms with van der Waals surface area (Å²) in [5.41, 5.74) is 4.26. The molecule has 0 aromatic heterocycles. The highest BCUT2D eigenvalue weighted by molar-refractivity contribution is 6.07. The first kappa shape index (κ1) is 23.4. The molecule has 10 heteroatoms. The lowest BCUT2D eigenvalue weighted by molar-refractivity contribution is -0.130. The van der Waals surface area contributed by atoms with Crippen LogP contribution >= 0.6 is 0 Å². The number of urea groups is 1. The van der Waals surface area contributed by atoms with Crippen molar-refractivity contribution in [3.05, 3.63) is 23.8 Å². The van der Waals surface area contributed by atoms with Crippen molar-refractivity contribution in [2.45, 2.75) is 51.5 Å². The molecule has 1 heterocycles. The van der Waals surface area contributed by atoms with Crippen LogP contribution in [0, 0.1) is 11.8 Å². The highest BCUT2D eigenvalue weighted by Gasteiger charge is 2.48. The molecule has 32 heavy (non-hydrogen) atoms. The van der Waals surface area contributed by atoms with E-state index in [4.69, 9.17) is 9.47 Å². The van der Waals surface area contributed by atoms with Crippen LogP contribution in [-0.4, -0.2) is 43.0 Å². The van der Waals surface area contributed by atoms with Gasteiger partial charge >= 0.3 is 6.03 Å². The number of hydrazine groups is 1. The molecule has 3 rings (SSSR count). The minimum Gasteiger partial charge on any atom is -0.493 e. The lowest BCUT2D eigenvalue weighted by Crippen LogP contribution is -2.52. The predicted molar refractivity (Wildman–Crippen MR) is 115 cm³/mol. The molecular weight excluding hydrogens is 416 g/mol. The summed E-state index contributed by atoms with van der Waals surface area (Å²) in [6.45, 7) is 4.76.